The largest absolute Gasteiger partial charge is 0.353 e. The second-order valence-electron chi connectivity index (χ2n) is 10.0. The molecule has 0 saturated heterocycles. The molecule has 0 aromatic heterocycles. The molecule has 0 aliphatic heterocycles. The number of unbranched alkanes of at least 4 members (excludes halogenated alkanes) is 1. The van der Waals surface area contributed by atoms with Crippen LogP contribution in [0.15, 0.2) is 12.1 Å². The van der Waals surface area contributed by atoms with Crippen molar-refractivity contribution < 1.29 is 17.6 Å². The van der Waals surface area contributed by atoms with E-state index in [9.17, 15) is 17.6 Å². The summed E-state index contributed by atoms with van der Waals surface area (Å²) < 4.78 is 54.5. The van der Waals surface area contributed by atoms with E-state index in [1.807, 2.05) is 0 Å². The van der Waals surface area contributed by atoms with Crippen molar-refractivity contribution in [2.24, 2.45) is 17.8 Å². The van der Waals surface area contributed by atoms with Crippen LogP contribution in [0.4, 0.5) is 17.6 Å². The quantitative estimate of drug-likeness (QED) is 0.195. The Kier molecular flexibility index (Phi) is 9.13. The molecule has 0 unspecified atom stereocenters. The van der Waals surface area contributed by atoms with Crippen molar-refractivity contribution in [1.29, 1.82) is 0 Å². The van der Waals surface area contributed by atoms with E-state index >= 15 is 0 Å². The summed E-state index contributed by atoms with van der Waals surface area (Å²) in [5.41, 5.74) is -0.859. The molecule has 2 fully saturated rings. The molecule has 0 heterocycles. The molecular formula is C26H37ClF4. The van der Waals surface area contributed by atoms with Gasteiger partial charge in [0.05, 0.1) is 0 Å². The first-order valence-electron chi connectivity index (χ1n) is 12.3. The van der Waals surface area contributed by atoms with Gasteiger partial charge < -0.3 is 0 Å². The molecule has 0 spiro atoms. The number of benzene rings is 1. The standard InChI is InChI=1S/C26H37ClF4/c1-2-5-18-8-10-19(11-9-18)6-3-4-7-20-12-14-21(15-13-20)22-16-23(28)25(24(29)17-22)26(27,30)31/h16-21H,2-15H2,1H3. The van der Waals surface area contributed by atoms with Gasteiger partial charge in [0.1, 0.15) is 17.2 Å². The van der Waals surface area contributed by atoms with Crippen LogP contribution in [-0.4, -0.2) is 0 Å². The van der Waals surface area contributed by atoms with Gasteiger partial charge in [-0.25, -0.2) is 8.78 Å². The van der Waals surface area contributed by atoms with Gasteiger partial charge in [0.25, 0.3) is 0 Å². The highest BCUT2D eigenvalue weighted by molar-refractivity contribution is 6.21. The van der Waals surface area contributed by atoms with Gasteiger partial charge in [-0.15, -0.1) is 0 Å². The van der Waals surface area contributed by atoms with Crippen molar-refractivity contribution in [3.8, 4) is 0 Å². The fraction of sp³-hybridized carbons (Fsp3) is 0.769. The molecule has 0 atom stereocenters. The third-order valence-electron chi connectivity index (χ3n) is 7.80. The summed E-state index contributed by atoms with van der Waals surface area (Å²) in [5.74, 6) is 0.119. The number of rotatable bonds is 9. The lowest BCUT2D eigenvalue weighted by atomic mass is 9.76. The Morgan fingerprint density at radius 3 is 1.61 bits per heavy atom. The molecule has 0 N–H and O–H groups in total. The number of alkyl halides is 3. The lowest BCUT2D eigenvalue weighted by Crippen LogP contribution is -2.16. The van der Waals surface area contributed by atoms with Gasteiger partial charge in [0.2, 0.25) is 0 Å². The summed E-state index contributed by atoms with van der Waals surface area (Å²) in [6.45, 7) is 2.29. The highest BCUT2D eigenvalue weighted by Gasteiger charge is 2.36. The summed E-state index contributed by atoms with van der Waals surface area (Å²) in [6, 6.07) is 2.10. The van der Waals surface area contributed by atoms with Crippen LogP contribution in [0.5, 0.6) is 0 Å². The van der Waals surface area contributed by atoms with Crippen LogP contribution in [0.2, 0.25) is 0 Å². The van der Waals surface area contributed by atoms with E-state index < -0.39 is 22.6 Å². The minimum atomic E-state index is -4.03. The van der Waals surface area contributed by atoms with Crippen molar-refractivity contribution in [2.45, 2.75) is 108 Å². The van der Waals surface area contributed by atoms with Gasteiger partial charge in [0.15, 0.2) is 0 Å². The first-order chi connectivity index (χ1) is 14.8. The zero-order chi connectivity index (χ0) is 22.4. The molecule has 2 aliphatic carbocycles. The summed E-state index contributed by atoms with van der Waals surface area (Å²) >= 11 is 4.84. The number of halogens is 5. The minimum Gasteiger partial charge on any atom is -0.206 e. The van der Waals surface area contributed by atoms with E-state index in [1.54, 1.807) is 0 Å². The Morgan fingerprint density at radius 2 is 1.19 bits per heavy atom. The maximum atomic E-state index is 14.1. The summed E-state index contributed by atoms with van der Waals surface area (Å²) in [5, 5.41) is -4.03. The molecule has 2 aliphatic rings. The maximum absolute atomic E-state index is 14.1. The first kappa shape index (κ1) is 24.9. The van der Waals surface area contributed by atoms with Crippen LogP contribution in [0.3, 0.4) is 0 Å². The van der Waals surface area contributed by atoms with Crippen LogP contribution >= 0.6 is 11.6 Å². The first-order valence-corrected chi connectivity index (χ1v) is 12.7. The van der Waals surface area contributed by atoms with Gasteiger partial charge in [-0.05, 0) is 78.7 Å². The smallest absolute Gasteiger partial charge is 0.206 e. The summed E-state index contributed by atoms with van der Waals surface area (Å²) in [6.07, 6.45) is 17.4. The molecule has 176 valence electrons. The third kappa shape index (κ3) is 7.11. The lowest BCUT2D eigenvalue weighted by Gasteiger charge is -2.30. The average molecular weight is 461 g/mol. The fourth-order valence-corrected chi connectivity index (χ4v) is 6.15. The van der Waals surface area contributed by atoms with Gasteiger partial charge in [-0.1, -0.05) is 71.1 Å². The van der Waals surface area contributed by atoms with E-state index in [-0.39, 0.29) is 5.92 Å². The van der Waals surface area contributed by atoms with Crippen molar-refractivity contribution >= 4 is 11.6 Å². The normalized spacial score (nSPS) is 27.4. The molecule has 5 heteroatoms. The van der Waals surface area contributed by atoms with Gasteiger partial charge in [-0.2, -0.15) is 8.78 Å². The van der Waals surface area contributed by atoms with E-state index in [0.717, 1.165) is 49.7 Å². The zero-order valence-corrected chi connectivity index (χ0v) is 19.5. The molecule has 0 nitrogen and oxygen atoms in total. The van der Waals surface area contributed by atoms with Crippen LogP contribution in [0.1, 0.15) is 114 Å². The zero-order valence-electron chi connectivity index (χ0n) is 18.8. The fourth-order valence-electron chi connectivity index (χ4n) is 5.97. The number of hydrogen-bond acceptors (Lipinski definition) is 0. The topological polar surface area (TPSA) is 0 Å². The molecule has 3 rings (SSSR count). The van der Waals surface area contributed by atoms with Crippen LogP contribution < -0.4 is 0 Å². The van der Waals surface area contributed by atoms with Crippen molar-refractivity contribution in [3.63, 3.8) is 0 Å². The monoisotopic (exact) mass is 460 g/mol. The highest BCUT2D eigenvalue weighted by Crippen LogP contribution is 2.42. The Balaban J connectivity index is 1.37. The van der Waals surface area contributed by atoms with E-state index in [1.165, 1.54) is 64.2 Å². The minimum absolute atomic E-state index is 0.0385. The Bertz CT molecular complexity index is 660. The Hall–Kier alpha value is -0.770. The van der Waals surface area contributed by atoms with Crippen molar-refractivity contribution in [2.75, 3.05) is 0 Å². The maximum Gasteiger partial charge on any atom is 0.353 e. The van der Waals surface area contributed by atoms with Gasteiger partial charge in [0, 0.05) is 0 Å². The van der Waals surface area contributed by atoms with Gasteiger partial charge in [-0.3, -0.25) is 0 Å². The van der Waals surface area contributed by atoms with Crippen LogP contribution in [-0.2, 0) is 5.38 Å². The van der Waals surface area contributed by atoms with E-state index in [0.29, 0.717) is 11.5 Å². The molecule has 0 radical (unpaired) electrons. The SMILES string of the molecule is CCCC1CCC(CCCCC2CCC(c3cc(F)c(C(F)(F)Cl)c(F)c3)CC2)CC1. The van der Waals surface area contributed by atoms with E-state index in [2.05, 4.69) is 6.92 Å². The molecule has 2 saturated carbocycles. The second kappa shape index (κ2) is 11.4. The predicted octanol–water partition coefficient (Wildman–Crippen LogP) is 9.69. The molecule has 1 aromatic carbocycles. The molecule has 31 heavy (non-hydrogen) atoms. The molecule has 0 bridgehead atoms. The van der Waals surface area contributed by atoms with Gasteiger partial charge >= 0.3 is 5.38 Å². The van der Waals surface area contributed by atoms with Crippen molar-refractivity contribution in [1.82, 2.24) is 0 Å². The van der Waals surface area contributed by atoms with Crippen LogP contribution in [0.25, 0.3) is 0 Å². The van der Waals surface area contributed by atoms with E-state index in [4.69, 9.17) is 11.6 Å². The third-order valence-corrected chi connectivity index (χ3v) is 7.99. The van der Waals surface area contributed by atoms with Crippen molar-refractivity contribution in [3.05, 3.63) is 34.9 Å². The highest BCUT2D eigenvalue weighted by atomic mass is 35.5. The molecule has 0 amide bonds. The predicted molar refractivity (Wildman–Crippen MR) is 120 cm³/mol. The second-order valence-corrected chi connectivity index (χ2v) is 10.5. The average Bonchev–Trinajstić information content (AvgIpc) is 2.71. The number of hydrogen-bond donors (Lipinski definition) is 0. The molecule has 1 aromatic rings. The van der Waals surface area contributed by atoms with Crippen LogP contribution in [0, 0.1) is 29.4 Å². The summed E-state index contributed by atoms with van der Waals surface area (Å²) in [4.78, 5) is 0. The molecular weight excluding hydrogens is 424 g/mol. The summed E-state index contributed by atoms with van der Waals surface area (Å²) in [7, 11) is 0. The Labute approximate surface area is 190 Å². The Morgan fingerprint density at radius 1 is 0.774 bits per heavy atom. The lowest BCUT2D eigenvalue weighted by molar-refractivity contribution is 0.0857.